The van der Waals surface area contributed by atoms with Crippen LogP contribution in [-0.2, 0) is 11.3 Å². The number of benzene rings is 1. The summed E-state index contributed by atoms with van der Waals surface area (Å²) in [6.45, 7) is 5.67. The number of likely N-dealkylation sites (tertiary alicyclic amines) is 1. The molecular weight excluding hydrogens is 368 g/mol. The van der Waals surface area contributed by atoms with E-state index in [1.165, 1.54) is 18.4 Å². The first-order valence-corrected chi connectivity index (χ1v) is 10.6. The lowest BCUT2D eigenvalue weighted by atomic mass is 9.75. The van der Waals surface area contributed by atoms with Gasteiger partial charge in [-0.25, -0.2) is 0 Å². The maximum absolute atomic E-state index is 13.3. The van der Waals surface area contributed by atoms with Gasteiger partial charge in [-0.1, -0.05) is 6.07 Å². The van der Waals surface area contributed by atoms with Crippen LogP contribution in [0.5, 0.6) is 11.5 Å². The minimum atomic E-state index is 0.181. The lowest BCUT2D eigenvalue weighted by Crippen LogP contribution is -2.61. The quantitative estimate of drug-likeness (QED) is 0.797. The molecule has 4 fully saturated rings. The predicted octanol–water partition coefficient (Wildman–Crippen LogP) is 2.01. The summed E-state index contributed by atoms with van der Waals surface area (Å²) in [5, 5.41) is 4.32. The highest BCUT2D eigenvalue weighted by Crippen LogP contribution is 2.47. The van der Waals surface area contributed by atoms with Gasteiger partial charge in [-0.05, 0) is 62.0 Å². The number of rotatable bonds is 3. The van der Waals surface area contributed by atoms with Crippen molar-refractivity contribution in [3.05, 3.63) is 41.7 Å². The van der Waals surface area contributed by atoms with Crippen molar-refractivity contribution in [1.82, 2.24) is 19.6 Å². The second-order valence-corrected chi connectivity index (χ2v) is 8.84. The number of amides is 1. The van der Waals surface area contributed by atoms with E-state index < -0.39 is 0 Å². The minimum Gasteiger partial charge on any atom is -0.454 e. The molecule has 0 saturated carbocycles. The second-order valence-electron chi connectivity index (χ2n) is 8.84. The van der Waals surface area contributed by atoms with Crippen LogP contribution in [0.15, 0.2) is 30.6 Å². The average Bonchev–Trinajstić information content (AvgIpc) is 3.46. The van der Waals surface area contributed by atoms with E-state index in [0.717, 1.165) is 36.7 Å². The number of hydrogen-bond donors (Lipinski definition) is 0. The van der Waals surface area contributed by atoms with Gasteiger partial charge in [0.2, 0.25) is 12.7 Å². The maximum Gasteiger partial charge on any atom is 0.244 e. The van der Waals surface area contributed by atoms with Crippen LogP contribution in [0.25, 0.3) is 0 Å². The van der Waals surface area contributed by atoms with E-state index in [9.17, 15) is 4.79 Å². The molecule has 0 radical (unpaired) electrons. The molecule has 2 bridgehead atoms. The van der Waals surface area contributed by atoms with Gasteiger partial charge in [0.15, 0.2) is 11.5 Å². The third-order valence-corrected chi connectivity index (χ3v) is 7.20. The molecule has 3 atom stereocenters. The van der Waals surface area contributed by atoms with Crippen molar-refractivity contribution in [1.29, 1.82) is 0 Å². The predicted molar refractivity (Wildman–Crippen MR) is 106 cm³/mol. The van der Waals surface area contributed by atoms with Crippen molar-refractivity contribution in [3.8, 4) is 11.5 Å². The Bertz CT molecular complexity index is 949. The first-order chi connectivity index (χ1) is 14.2. The summed E-state index contributed by atoms with van der Waals surface area (Å²) in [7, 11) is 0. The fourth-order valence-electron chi connectivity index (χ4n) is 5.92. The van der Waals surface area contributed by atoms with Crippen molar-refractivity contribution in [2.75, 3.05) is 26.4 Å². The lowest BCUT2D eigenvalue weighted by molar-refractivity contribution is -0.136. The number of fused-ring (bicyclic) bond motifs is 3. The molecule has 4 saturated heterocycles. The molecule has 152 valence electrons. The highest BCUT2D eigenvalue weighted by Gasteiger charge is 2.54. The summed E-state index contributed by atoms with van der Waals surface area (Å²) in [6.07, 6.45) is 6.14. The van der Waals surface area contributed by atoms with Crippen molar-refractivity contribution >= 4 is 5.91 Å². The number of aromatic nitrogens is 2. The maximum atomic E-state index is 13.3. The van der Waals surface area contributed by atoms with Crippen LogP contribution < -0.4 is 9.47 Å². The van der Waals surface area contributed by atoms with Gasteiger partial charge < -0.3 is 14.4 Å². The smallest absolute Gasteiger partial charge is 0.244 e. The number of carbonyl (C=O) groups excluding carboxylic acids is 1. The zero-order valence-corrected chi connectivity index (χ0v) is 16.7. The van der Waals surface area contributed by atoms with E-state index in [4.69, 9.17) is 9.47 Å². The van der Waals surface area contributed by atoms with Crippen molar-refractivity contribution in [2.45, 2.75) is 44.3 Å². The van der Waals surface area contributed by atoms with Crippen molar-refractivity contribution in [2.24, 2.45) is 5.92 Å². The standard InChI is InChI=1S/C22H26N4O3/c1-14-9-23-25(10-14)12-20(27)26-11-17(16-2-3-18-19(8-16)29-13-28-18)22-21(26)15-4-6-24(22)7-5-15/h2-3,8-10,15,17,21-22H,4-7,11-13H2,1H3/t17-,21+,22+/m0/s1. The molecule has 29 heavy (non-hydrogen) atoms. The van der Waals surface area contributed by atoms with Crippen LogP contribution in [0.3, 0.4) is 0 Å². The normalized spacial score (nSPS) is 31.9. The van der Waals surface area contributed by atoms with Crippen LogP contribution in [0.4, 0.5) is 0 Å². The number of piperidine rings is 3. The van der Waals surface area contributed by atoms with Crippen LogP contribution in [0, 0.1) is 12.8 Å². The summed E-state index contributed by atoms with van der Waals surface area (Å²) in [5.41, 5.74) is 2.33. The zero-order valence-electron chi connectivity index (χ0n) is 16.7. The van der Waals surface area contributed by atoms with Crippen LogP contribution in [-0.4, -0.2) is 64.0 Å². The first-order valence-electron chi connectivity index (χ1n) is 10.6. The molecule has 7 nitrogen and oxygen atoms in total. The van der Waals surface area contributed by atoms with E-state index in [0.29, 0.717) is 30.5 Å². The molecule has 6 heterocycles. The number of aryl methyl sites for hydroxylation is 1. The zero-order chi connectivity index (χ0) is 19.5. The molecule has 7 rings (SSSR count). The Labute approximate surface area is 170 Å². The molecule has 7 heteroatoms. The van der Waals surface area contributed by atoms with E-state index >= 15 is 0 Å². The Hall–Kier alpha value is -2.54. The number of carbonyl (C=O) groups is 1. The molecule has 0 spiro atoms. The van der Waals surface area contributed by atoms with Gasteiger partial charge in [-0.2, -0.15) is 5.10 Å². The van der Waals surface area contributed by atoms with Gasteiger partial charge in [0.05, 0.1) is 12.2 Å². The first kappa shape index (κ1) is 17.3. The topological polar surface area (TPSA) is 59.8 Å². The Morgan fingerprint density at radius 3 is 2.79 bits per heavy atom. The van der Waals surface area contributed by atoms with Gasteiger partial charge in [-0.15, -0.1) is 0 Å². The molecule has 0 aliphatic carbocycles. The number of nitrogens with zero attached hydrogens (tertiary/aromatic N) is 4. The Kier molecular flexibility index (Phi) is 3.88. The molecule has 1 aromatic heterocycles. The Morgan fingerprint density at radius 1 is 1.17 bits per heavy atom. The molecule has 5 aliphatic heterocycles. The van der Waals surface area contributed by atoms with E-state index in [2.05, 4.69) is 27.0 Å². The fourth-order valence-corrected chi connectivity index (χ4v) is 5.92. The third-order valence-electron chi connectivity index (χ3n) is 7.20. The molecule has 2 aromatic rings. The molecular formula is C22H26N4O3. The van der Waals surface area contributed by atoms with Gasteiger partial charge >= 0.3 is 0 Å². The number of ether oxygens (including phenoxy) is 2. The highest BCUT2D eigenvalue weighted by atomic mass is 16.7. The van der Waals surface area contributed by atoms with Crippen LogP contribution in [0.1, 0.15) is 29.9 Å². The van der Waals surface area contributed by atoms with Gasteiger partial charge in [0.25, 0.3) is 0 Å². The minimum absolute atomic E-state index is 0.181. The molecule has 1 aromatic carbocycles. The van der Waals surface area contributed by atoms with E-state index in [-0.39, 0.29) is 12.7 Å². The number of hydrogen-bond acceptors (Lipinski definition) is 5. The monoisotopic (exact) mass is 394 g/mol. The van der Waals surface area contributed by atoms with Crippen molar-refractivity contribution < 1.29 is 14.3 Å². The van der Waals surface area contributed by atoms with Gasteiger partial charge in [0.1, 0.15) is 6.54 Å². The highest BCUT2D eigenvalue weighted by molar-refractivity contribution is 5.77. The third kappa shape index (κ3) is 2.74. The van der Waals surface area contributed by atoms with E-state index in [1.807, 2.05) is 25.4 Å². The van der Waals surface area contributed by atoms with Crippen LogP contribution >= 0.6 is 0 Å². The molecule has 0 unspecified atom stereocenters. The summed E-state index contributed by atoms with van der Waals surface area (Å²) < 4.78 is 12.9. The lowest BCUT2D eigenvalue weighted by Gasteiger charge is -2.51. The van der Waals surface area contributed by atoms with Crippen molar-refractivity contribution in [3.63, 3.8) is 0 Å². The summed E-state index contributed by atoms with van der Waals surface area (Å²) in [4.78, 5) is 18.1. The molecule has 5 aliphatic rings. The Balaban J connectivity index is 1.32. The summed E-state index contributed by atoms with van der Waals surface area (Å²) in [5.74, 6) is 2.73. The van der Waals surface area contributed by atoms with E-state index in [1.54, 1.807) is 4.68 Å². The SMILES string of the molecule is Cc1cnn(CC(=O)N2C[C@@H](c3ccc4c(c3)OCO4)[C@@H]3[C@H]2C2CCN3CC2)c1. The fraction of sp³-hybridized carbons (Fsp3) is 0.545. The van der Waals surface area contributed by atoms with Crippen LogP contribution in [0.2, 0.25) is 0 Å². The van der Waals surface area contributed by atoms with Gasteiger partial charge in [-0.3, -0.25) is 14.4 Å². The Morgan fingerprint density at radius 2 is 2.00 bits per heavy atom. The summed E-state index contributed by atoms with van der Waals surface area (Å²) in [6, 6.07) is 6.99. The summed E-state index contributed by atoms with van der Waals surface area (Å²) >= 11 is 0. The van der Waals surface area contributed by atoms with Gasteiger partial charge in [0, 0.05) is 24.7 Å². The second kappa shape index (κ2) is 6.49. The molecule has 1 amide bonds. The molecule has 0 N–H and O–H groups in total. The largest absolute Gasteiger partial charge is 0.454 e. The average molecular weight is 394 g/mol.